The summed E-state index contributed by atoms with van der Waals surface area (Å²) in [4.78, 5) is 22.3. The van der Waals surface area contributed by atoms with E-state index >= 15 is 0 Å². The molecule has 2 aromatic heterocycles. The Morgan fingerprint density at radius 3 is 1.45 bits per heavy atom. The van der Waals surface area contributed by atoms with E-state index in [0.717, 1.165) is 33.4 Å². The second-order valence-electron chi connectivity index (χ2n) is 9.09. The summed E-state index contributed by atoms with van der Waals surface area (Å²) in [7, 11) is 0. The number of halogens is 2. The predicted octanol–water partition coefficient (Wildman–Crippen LogP) is 5.27. The number of anilines is 2. The van der Waals surface area contributed by atoms with Gasteiger partial charge in [-0.1, -0.05) is 80.4 Å². The van der Waals surface area contributed by atoms with E-state index in [2.05, 4.69) is 41.8 Å². The molecule has 8 N–H and O–H groups in total. The SMILES string of the molecule is NCc1cccc(C(C(=O)C(c2cccc(CN)c2)C(Br)c2ccnc(N)c2)C(Br)c2ccnc(N)c2)c1. The van der Waals surface area contributed by atoms with Gasteiger partial charge in [0.25, 0.3) is 0 Å². The first kappa shape index (κ1) is 27.9. The smallest absolute Gasteiger partial charge is 0.150 e. The van der Waals surface area contributed by atoms with Crippen molar-refractivity contribution in [3.63, 3.8) is 0 Å². The van der Waals surface area contributed by atoms with Gasteiger partial charge < -0.3 is 22.9 Å². The van der Waals surface area contributed by atoms with Crippen LogP contribution in [0.1, 0.15) is 54.9 Å². The minimum absolute atomic E-state index is 0.00265. The van der Waals surface area contributed by atoms with Gasteiger partial charge >= 0.3 is 0 Å². The maximum atomic E-state index is 14.8. The van der Waals surface area contributed by atoms with Crippen LogP contribution < -0.4 is 22.9 Å². The number of nitrogens with two attached hydrogens (primary N) is 4. The van der Waals surface area contributed by atoms with Crippen molar-refractivity contribution in [2.75, 3.05) is 11.5 Å². The van der Waals surface area contributed by atoms with E-state index in [-0.39, 0.29) is 15.4 Å². The van der Waals surface area contributed by atoms with E-state index in [0.29, 0.717) is 24.7 Å². The van der Waals surface area contributed by atoms with Crippen LogP contribution in [0.25, 0.3) is 0 Å². The number of nitrogen functional groups attached to an aromatic ring is 2. The van der Waals surface area contributed by atoms with E-state index in [4.69, 9.17) is 22.9 Å². The van der Waals surface area contributed by atoms with E-state index in [1.54, 1.807) is 24.5 Å². The van der Waals surface area contributed by atoms with Crippen LogP contribution in [-0.2, 0) is 17.9 Å². The molecular weight excluding hydrogens is 608 g/mol. The molecule has 4 aromatic rings. The van der Waals surface area contributed by atoms with Gasteiger partial charge in [0.05, 0.1) is 21.5 Å². The van der Waals surface area contributed by atoms with Gasteiger partial charge in [0.15, 0.2) is 5.78 Å². The van der Waals surface area contributed by atoms with Gasteiger partial charge in [0, 0.05) is 25.5 Å². The van der Waals surface area contributed by atoms with Crippen molar-refractivity contribution < 1.29 is 4.79 Å². The van der Waals surface area contributed by atoms with Crippen LogP contribution in [0.15, 0.2) is 85.2 Å². The predicted molar refractivity (Wildman–Crippen MR) is 160 cm³/mol. The molecule has 0 saturated heterocycles. The summed E-state index contributed by atoms with van der Waals surface area (Å²) in [6, 6.07) is 23.0. The second-order valence-corrected chi connectivity index (χ2v) is 11.1. The summed E-state index contributed by atoms with van der Waals surface area (Å²) in [6.45, 7) is 0.729. The van der Waals surface area contributed by atoms with Crippen molar-refractivity contribution in [3.05, 3.63) is 119 Å². The van der Waals surface area contributed by atoms with Crippen molar-refractivity contribution in [1.29, 1.82) is 0 Å². The number of aromatic nitrogens is 2. The molecule has 0 bridgehead atoms. The van der Waals surface area contributed by atoms with Crippen LogP contribution in [0.2, 0.25) is 0 Å². The summed E-state index contributed by atoms with van der Waals surface area (Å²) in [6.07, 6.45) is 3.29. The Bertz CT molecular complexity index is 1310. The number of carbonyl (C=O) groups excluding carboxylic acids is 1. The number of carbonyl (C=O) groups is 1. The molecule has 4 unspecified atom stereocenters. The lowest BCUT2D eigenvalue weighted by Crippen LogP contribution is -2.27. The third-order valence-electron chi connectivity index (χ3n) is 6.54. The minimum atomic E-state index is -0.575. The van der Waals surface area contributed by atoms with Crippen molar-refractivity contribution >= 4 is 49.3 Å². The third kappa shape index (κ3) is 6.30. The molecule has 7 nitrogen and oxygen atoms in total. The van der Waals surface area contributed by atoms with Gasteiger partial charge in [-0.3, -0.25) is 4.79 Å². The van der Waals surface area contributed by atoms with E-state index in [1.807, 2.05) is 60.7 Å². The summed E-state index contributed by atoms with van der Waals surface area (Å²) in [5, 5.41) is 0. The van der Waals surface area contributed by atoms with Gasteiger partial charge in [-0.2, -0.15) is 0 Å². The first-order valence-corrected chi connectivity index (χ1v) is 14.0. The molecule has 38 heavy (non-hydrogen) atoms. The fraction of sp³-hybridized carbons (Fsp3) is 0.207. The number of hydrogen-bond donors (Lipinski definition) is 4. The first-order chi connectivity index (χ1) is 18.3. The molecule has 0 fully saturated rings. The van der Waals surface area contributed by atoms with Crippen molar-refractivity contribution in [2.24, 2.45) is 11.5 Å². The van der Waals surface area contributed by atoms with Crippen LogP contribution in [-0.4, -0.2) is 15.8 Å². The largest absolute Gasteiger partial charge is 0.384 e. The zero-order valence-electron chi connectivity index (χ0n) is 20.7. The van der Waals surface area contributed by atoms with Crippen LogP contribution in [0, 0.1) is 0 Å². The molecule has 196 valence electrons. The fourth-order valence-electron chi connectivity index (χ4n) is 4.63. The van der Waals surface area contributed by atoms with Gasteiger partial charge in [-0.25, -0.2) is 9.97 Å². The van der Waals surface area contributed by atoms with Gasteiger partial charge in [0.2, 0.25) is 0 Å². The van der Waals surface area contributed by atoms with Gasteiger partial charge in [-0.05, 0) is 57.6 Å². The molecular formula is C29H30Br2N6O. The molecule has 4 rings (SSSR count). The minimum Gasteiger partial charge on any atom is -0.384 e. The maximum Gasteiger partial charge on any atom is 0.150 e. The average molecular weight is 638 g/mol. The van der Waals surface area contributed by atoms with E-state index in [1.165, 1.54) is 0 Å². The highest BCUT2D eigenvalue weighted by molar-refractivity contribution is 9.09. The Balaban J connectivity index is 1.89. The number of rotatable bonds is 10. The van der Waals surface area contributed by atoms with Gasteiger partial charge in [0.1, 0.15) is 11.6 Å². The zero-order valence-corrected chi connectivity index (χ0v) is 23.8. The van der Waals surface area contributed by atoms with E-state index < -0.39 is 11.8 Å². The highest BCUT2D eigenvalue weighted by Gasteiger charge is 2.39. The normalized spacial score (nSPS) is 14.4. The quantitative estimate of drug-likeness (QED) is 0.173. The van der Waals surface area contributed by atoms with Crippen LogP contribution in [0.5, 0.6) is 0 Å². The molecule has 4 atom stereocenters. The lowest BCUT2D eigenvalue weighted by Gasteiger charge is -2.30. The Hall–Kier alpha value is -3.11. The van der Waals surface area contributed by atoms with Crippen LogP contribution in [0.4, 0.5) is 11.6 Å². The number of Topliss-reactive ketones (excluding diaryl/α,β-unsaturated/α-hetero) is 1. The molecule has 0 aliphatic carbocycles. The lowest BCUT2D eigenvalue weighted by atomic mass is 9.77. The molecule has 9 heteroatoms. The van der Waals surface area contributed by atoms with Gasteiger partial charge in [-0.15, -0.1) is 0 Å². The number of benzene rings is 2. The monoisotopic (exact) mass is 636 g/mol. The molecule has 2 aromatic carbocycles. The van der Waals surface area contributed by atoms with Crippen molar-refractivity contribution in [3.8, 4) is 0 Å². The van der Waals surface area contributed by atoms with Crippen LogP contribution >= 0.6 is 31.9 Å². The molecule has 0 aliphatic rings. The maximum absolute atomic E-state index is 14.8. The fourth-order valence-corrected chi connectivity index (χ4v) is 6.34. The Labute approximate surface area is 239 Å². The number of pyridine rings is 2. The summed E-state index contributed by atoms with van der Waals surface area (Å²) >= 11 is 7.71. The first-order valence-electron chi connectivity index (χ1n) is 12.1. The lowest BCUT2D eigenvalue weighted by molar-refractivity contribution is -0.122. The number of alkyl halides is 2. The molecule has 2 heterocycles. The highest BCUT2D eigenvalue weighted by atomic mass is 79.9. The summed E-state index contributed by atoms with van der Waals surface area (Å²) in [5.74, 6) is -0.385. The molecule has 0 aliphatic heterocycles. The third-order valence-corrected chi connectivity index (χ3v) is 8.65. The summed E-state index contributed by atoms with van der Waals surface area (Å²) < 4.78 is 0. The number of ketones is 1. The molecule has 0 saturated carbocycles. The number of hydrogen-bond acceptors (Lipinski definition) is 7. The number of nitrogens with zero attached hydrogens (tertiary/aromatic N) is 2. The molecule has 0 amide bonds. The Kier molecular flexibility index (Phi) is 9.27. The molecule has 0 spiro atoms. The topological polar surface area (TPSA) is 147 Å². The van der Waals surface area contributed by atoms with Crippen LogP contribution in [0.3, 0.4) is 0 Å². The average Bonchev–Trinajstić information content (AvgIpc) is 2.93. The highest BCUT2D eigenvalue weighted by Crippen LogP contribution is 2.47. The van der Waals surface area contributed by atoms with Crippen molar-refractivity contribution in [2.45, 2.75) is 34.6 Å². The second kappa shape index (κ2) is 12.6. The standard InChI is InChI=1S/C29H30Br2N6O/c30-27(21-7-9-36-23(34)13-21)25(19-5-1-3-17(11-19)15-32)29(38)26(20-6-2-4-18(12-20)16-33)28(31)22-8-10-37-24(35)14-22/h1-14,25-28H,15-16,32-33H2,(H2,34,36)(H2,35,37). The summed E-state index contributed by atoms with van der Waals surface area (Å²) in [5.41, 5.74) is 29.2. The van der Waals surface area contributed by atoms with E-state index in [9.17, 15) is 4.79 Å². The zero-order chi connectivity index (χ0) is 27.2. The molecule has 0 radical (unpaired) electrons. The Morgan fingerprint density at radius 1 is 0.658 bits per heavy atom. The Morgan fingerprint density at radius 2 is 1.08 bits per heavy atom. The van der Waals surface area contributed by atoms with Crippen molar-refractivity contribution in [1.82, 2.24) is 9.97 Å².